The number of carbonyl (C=O) groups excluding carboxylic acids is 1. The molecule has 0 radical (unpaired) electrons. The number of aromatic nitrogens is 3. The maximum atomic E-state index is 11.9. The Morgan fingerprint density at radius 1 is 1.41 bits per heavy atom. The summed E-state index contributed by atoms with van der Waals surface area (Å²) in [5.74, 6) is 0.327. The van der Waals surface area contributed by atoms with E-state index in [1.807, 2.05) is 17.5 Å². The van der Waals surface area contributed by atoms with Crippen molar-refractivity contribution in [2.75, 3.05) is 5.75 Å². The Morgan fingerprint density at radius 2 is 2.26 bits per heavy atom. The fraction of sp³-hybridized carbons (Fsp3) is 0.125. The Kier molecular flexibility index (Phi) is 5.94. The number of thioether (sulfide) groups is 1. The third-order valence-corrected chi connectivity index (χ3v) is 5.23. The average Bonchev–Trinajstić information content (AvgIpc) is 3.30. The molecule has 0 unspecified atom stereocenters. The first-order valence-electron chi connectivity index (χ1n) is 7.67. The van der Waals surface area contributed by atoms with E-state index in [0.717, 1.165) is 4.88 Å². The van der Waals surface area contributed by atoms with Crippen LogP contribution in [0.5, 0.6) is 0 Å². The Balaban J connectivity index is 1.61. The molecule has 1 N–H and O–H groups in total. The van der Waals surface area contributed by atoms with Crippen LogP contribution in [0, 0.1) is 10.1 Å². The van der Waals surface area contributed by atoms with Crippen LogP contribution in [0.2, 0.25) is 0 Å². The van der Waals surface area contributed by atoms with Gasteiger partial charge in [-0.1, -0.05) is 30.0 Å². The maximum absolute atomic E-state index is 11.9. The van der Waals surface area contributed by atoms with E-state index in [4.69, 9.17) is 0 Å². The molecule has 3 aromatic rings. The monoisotopic (exact) mass is 402 g/mol. The second kappa shape index (κ2) is 8.56. The van der Waals surface area contributed by atoms with Crippen LogP contribution in [0.1, 0.15) is 4.88 Å². The number of carbonyl (C=O) groups is 1. The zero-order valence-electron chi connectivity index (χ0n) is 14.1. The first kappa shape index (κ1) is 18.7. The highest BCUT2D eigenvalue weighted by Crippen LogP contribution is 2.25. The summed E-state index contributed by atoms with van der Waals surface area (Å²) in [5, 5.41) is 25.4. The van der Waals surface area contributed by atoms with Crippen molar-refractivity contribution in [3.05, 3.63) is 56.8 Å². The Bertz CT molecular complexity index is 984. The summed E-state index contributed by atoms with van der Waals surface area (Å²) in [6.07, 6.45) is 1.58. The van der Waals surface area contributed by atoms with Gasteiger partial charge in [-0.05, 0) is 11.4 Å². The molecule has 0 fully saturated rings. The number of hydrogen-bond acceptors (Lipinski definition) is 8. The first-order chi connectivity index (χ1) is 13.0. The third kappa shape index (κ3) is 4.77. The molecular formula is C16H14N6O3S2. The van der Waals surface area contributed by atoms with Crippen molar-refractivity contribution in [1.82, 2.24) is 20.2 Å². The highest BCUT2D eigenvalue weighted by molar-refractivity contribution is 7.99. The van der Waals surface area contributed by atoms with E-state index >= 15 is 0 Å². The summed E-state index contributed by atoms with van der Waals surface area (Å²) >= 11 is 2.72. The van der Waals surface area contributed by atoms with E-state index in [2.05, 4.69) is 20.7 Å². The summed E-state index contributed by atoms with van der Waals surface area (Å²) in [6, 6.07) is 9.95. The fourth-order valence-electron chi connectivity index (χ4n) is 2.15. The second-order valence-electron chi connectivity index (χ2n) is 5.27. The molecule has 2 heterocycles. The van der Waals surface area contributed by atoms with Gasteiger partial charge >= 0.3 is 0 Å². The number of hydrazone groups is 1. The van der Waals surface area contributed by atoms with E-state index in [9.17, 15) is 14.9 Å². The molecular weight excluding hydrogens is 388 g/mol. The van der Waals surface area contributed by atoms with Crippen LogP contribution in [-0.2, 0) is 11.8 Å². The van der Waals surface area contributed by atoms with Gasteiger partial charge in [-0.3, -0.25) is 14.9 Å². The molecule has 0 bridgehead atoms. The normalized spacial score (nSPS) is 11.0. The zero-order valence-corrected chi connectivity index (χ0v) is 15.7. The quantitative estimate of drug-likeness (QED) is 0.281. The average molecular weight is 402 g/mol. The molecule has 0 saturated carbocycles. The highest BCUT2D eigenvalue weighted by Gasteiger charge is 2.15. The number of non-ortho nitro benzene ring substituents is 1. The molecule has 0 spiro atoms. The lowest BCUT2D eigenvalue weighted by Crippen LogP contribution is -2.19. The molecule has 3 rings (SSSR count). The summed E-state index contributed by atoms with van der Waals surface area (Å²) in [5.41, 5.74) is 3.01. The maximum Gasteiger partial charge on any atom is 0.270 e. The van der Waals surface area contributed by atoms with Crippen LogP contribution in [0.25, 0.3) is 11.4 Å². The van der Waals surface area contributed by atoms with Crippen LogP contribution in [0.15, 0.2) is 52.0 Å². The predicted molar refractivity (Wildman–Crippen MR) is 104 cm³/mol. The van der Waals surface area contributed by atoms with Gasteiger partial charge in [-0.2, -0.15) is 5.10 Å². The molecule has 138 valence electrons. The number of rotatable bonds is 7. The minimum atomic E-state index is -0.462. The minimum absolute atomic E-state index is 0.0207. The van der Waals surface area contributed by atoms with Gasteiger partial charge < -0.3 is 4.57 Å². The Labute approximate surface area is 162 Å². The van der Waals surface area contributed by atoms with Gasteiger partial charge in [0.1, 0.15) is 0 Å². The summed E-state index contributed by atoms with van der Waals surface area (Å²) in [4.78, 5) is 23.3. The molecule has 0 aliphatic carbocycles. The van der Waals surface area contributed by atoms with E-state index in [-0.39, 0.29) is 17.3 Å². The fourth-order valence-corrected chi connectivity index (χ4v) is 3.43. The molecule has 1 aromatic carbocycles. The summed E-state index contributed by atoms with van der Waals surface area (Å²) < 4.78 is 1.69. The molecule has 2 aromatic heterocycles. The molecule has 9 nitrogen and oxygen atoms in total. The zero-order chi connectivity index (χ0) is 19.2. The van der Waals surface area contributed by atoms with E-state index in [1.165, 1.54) is 35.2 Å². The number of thiophene rings is 1. The number of nitro groups is 1. The molecule has 1 amide bonds. The lowest BCUT2D eigenvalue weighted by Gasteiger charge is -2.03. The van der Waals surface area contributed by atoms with Crippen molar-refractivity contribution in [3.8, 4) is 11.4 Å². The first-order valence-corrected chi connectivity index (χ1v) is 9.53. The standard InChI is InChI=1S/C16H14N6O3S2/c1-21-15(11-4-2-5-12(8-11)22(24)25)19-20-16(21)27-10-14(23)18-17-9-13-6-3-7-26-13/h2-9H,10H2,1H3,(H,18,23). The van der Waals surface area contributed by atoms with Gasteiger partial charge in [0.25, 0.3) is 11.6 Å². The molecule has 0 saturated heterocycles. The van der Waals surface area contributed by atoms with Crippen LogP contribution >= 0.6 is 23.1 Å². The number of nitrogens with one attached hydrogen (secondary N) is 1. The number of amides is 1. The lowest BCUT2D eigenvalue weighted by molar-refractivity contribution is -0.384. The molecule has 27 heavy (non-hydrogen) atoms. The summed E-state index contributed by atoms with van der Waals surface area (Å²) in [7, 11) is 1.74. The topological polar surface area (TPSA) is 115 Å². The lowest BCUT2D eigenvalue weighted by atomic mass is 10.2. The highest BCUT2D eigenvalue weighted by atomic mass is 32.2. The predicted octanol–water partition coefficient (Wildman–Crippen LogP) is 2.69. The van der Waals surface area contributed by atoms with Gasteiger partial charge in [0.15, 0.2) is 11.0 Å². The van der Waals surface area contributed by atoms with Crippen molar-refractivity contribution in [1.29, 1.82) is 0 Å². The van der Waals surface area contributed by atoms with E-state index in [0.29, 0.717) is 16.5 Å². The van der Waals surface area contributed by atoms with E-state index < -0.39 is 4.92 Å². The van der Waals surface area contributed by atoms with Crippen LogP contribution in [0.3, 0.4) is 0 Å². The SMILES string of the molecule is Cn1c(SCC(=O)NN=Cc2cccs2)nnc1-c1cccc([N+](=O)[O-])c1. The Morgan fingerprint density at radius 3 is 3.00 bits per heavy atom. The number of nitrogens with zero attached hydrogens (tertiary/aromatic N) is 5. The number of benzene rings is 1. The van der Waals surface area contributed by atoms with Crippen molar-refractivity contribution in [2.24, 2.45) is 12.1 Å². The molecule has 11 heteroatoms. The van der Waals surface area contributed by atoms with Gasteiger partial charge in [0.2, 0.25) is 0 Å². The largest absolute Gasteiger partial charge is 0.305 e. The van der Waals surface area contributed by atoms with Crippen LogP contribution < -0.4 is 5.43 Å². The third-order valence-electron chi connectivity index (χ3n) is 3.41. The smallest absolute Gasteiger partial charge is 0.270 e. The minimum Gasteiger partial charge on any atom is -0.305 e. The van der Waals surface area contributed by atoms with Crippen molar-refractivity contribution in [2.45, 2.75) is 5.16 Å². The van der Waals surface area contributed by atoms with Crippen molar-refractivity contribution >= 4 is 40.9 Å². The van der Waals surface area contributed by atoms with Crippen LogP contribution in [0.4, 0.5) is 5.69 Å². The van der Waals surface area contributed by atoms with Crippen LogP contribution in [-0.4, -0.2) is 37.6 Å². The molecule has 0 aliphatic heterocycles. The Hall–Kier alpha value is -3.05. The van der Waals surface area contributed by atoms with Gasteiger partial charge in [-0.15, -0.1) is 21.5 Å². The van der Waals surface area contributed by atoms with Crippen molar-refractivity contribution in [3.63, 3.8) is 0 Å². The number of nitro benzene ring substituents is 1. The van der Waals surface area contributed by atoms with E-state index in [1.54, 1.807) is 30.0 Å². The summed E-state index contributed by atoms with van der Waals surface area (Å²) in [6.45, 7) is 0. The molecule has 0 atom stereocenters. The van der Waals surface area contributed by atoms with Crippen molar-refractivity contribution < 1.29 is 9.72 Å². The number of hydrogen-bond donors (Lipinski definition) is 1. The second-order valence-corrected chi connectivity index (χ2v) is 7.19. The van der Waals surface area contributed by atoms with Gasteiger partial charge in [0, 0.05) is 29.6 Å². The van der Waals surface area contributed by atoms with Gasteiger partial charge in [0.05, 0.1) is 16.9 Å². The van der Waals surface area contributed by atoms with Gasteiger partial charge in [-0.25, -0.2) is 5.43 Å². The molecule has 0 aliphatic rings.